The van der Waals surface area contributed by atoms with Crippen molar-refractivity contribution in [3.63, 3.8) is 0 Å². The molecular weight excluding hydrogens is 312 g/mol. The maximum atomic E-state index is 12.9. The van der Waals surface area contributed by atoms with E-state index in [4.69, 9.17) is 14.2 Å². The summed E-state index contributed by atoms with van der Waals surface area (Å²) in [6.07, 6.45) is 0. The minimum absolute atomic E-state index is 0.0319. The van der Waals surface area contributed by atoms with Crippen molar-refractivity contribution >= 4 is 11.8 Å². The predicted molar refractivity (Wildman–Crippen MR) is 88.4 cm³/mol. The molecule has 0 radical (unpaired) electrons. The fraction of sp³-hybridized carbons (Fsp3) is 0.529. The first-order valence-corrected chi connectivity index (χ1v) is 7.78. The number of carbonyl (C=O) groups excluding carboxylic acids is 2. The number of hydrogen-bond donors (Lipinski definition) is 1. The van der Waals surface area contributed by atoms with Crippen LogP contribution in [0.3, 0.4) is 0 Å². The number of hydrogen-bond acceptors (Lipinski definition) is 5. The first-order chi connectivity index (χ1) is 11.6. The van der Waals surface area contributed by atoms with Gasteiger partial charge in [0.05, 0.1) is 32.3 Å². The average molecular weight is 336 g/mol. The lowest BCUT2D eigenvalue weighted by molar-refractivity contribution is -0.125. The van der Waals surface area contributed by atoms with Gasteiger partial charge in [0.1, 0.15) is 0 Å². The van der Waals surface area contributed by atoms with E-state index >= 15 is 0 Å². The van der Waals surface area contributed by atoms with Crippen molar-refractivity contribution in [2.75, 3.05) is 48.1 Å². The van der Waals surface area contributed by atoms with Crippen LogP contribution in [0.15, 0.2) is 18.2 Å². The van der Waals surface area contributed by atoms with Gasteiger partial charge in [-0.15, -0.1) is 0 Å². The van der Waals surface area contributed by atoms with Crippen molar-refractivity contribution < 1.29 is 23.8 Å². The van der Waals surface area contributed by atoms with Crippen LogP contribution in [-0.2, 0) is 9.53 Å². The Bertz CT molecular complexity index is 605. The van der Waals surface area contributed by atoms with Crippen LogP contribution in [0.4, 0.5) is 0 Å². The van der Waals surface area contributed by atoms with Gasteiger partial charge in [-0.3, -0.25) is 9.59 Å². The third-order valence-electron chi connectivity index (χ3n) is 4.33. The van der Waals surface area contributed by atoms with Crippen LogP contribution in [0, 0.1) is 11.8 Å². The molecule has 0 unspecified atom stereocenters. The number of benzene rings is 1. The molecule has 0 spiro atoms. The molecule has 0 aromatic heterocycles. The summed E-state index contributed by atoms with van der Waals surface area (Å²) in [4.78, 5) is 26.7. The summed E-state index contributed by atoms with van der Waals surface area (Å²) in [5.41, 5.74) is 0.422. The number of nitrogens with zero attached hydrogens (tertiary/aromatic N) is 1. The van der Waals surface area contributed by atoms with Crippen molar-refractivity contribution in [3.8, 4) is 11.5 Å². The molecule has 1 aliphatic rings. The third kappa shape index (κ3) is 3.46. The summed E-state index contributed by atoms with van der Waals surface area (Å²) in [5, 5.41) is 2.66. The van der Waals surface area contributed by atoms with E-state index in [0.29, 0.717) is 36.8 Å². The van der Waals surface area contributed by atoms with Crippen molar-refractivity contribution in [2.24, 2.45) is 11.8 Å². The molecule has 0 saturated carbocycles. The summed E-state index contributed by atoms with van der Waals surface area (Å²) < 4.78 is 15.8. The van der Waals surface area contributed by atoms with E-state index in [1.54, 1.807) is 37.3 Å². The Morgan fingerprint density at radius 2 is 1.96 bits per heavy atom. The van der Waals surface area contributed by atoms with Crippen molar-refractivity contribution in [2.45, 2.75) is 0 Å². The predicted octanol–water partition coefficient (Wildman–Crippen LogP) is 0.784. The van der Waals surface area contributed by atoms with Gasteiger partial charge in [0.15, 0.2) is 11.5 Å². The van der Waals surface area contributed by atoms with Crippen LogP contribution in [-0.4, -0.2) is 64.8 Å². The van der Waals surface area contributed by atoms with E-state index in [9.17, 15) is 9.59 Å². The molecule has 1 saturated heterocycles. The number of rotatable bonds is 6. The minimum atomic E-state index is -0.282. The highest BCUT2D eigenvalue weighted by Crippen LogP contribution is 2.33. The molecule has 0 aliphatic carbocycles. The first-order valence-electron chi connectivity index (χ1n) is 7.78. The van der Waals surface area contributed by atoms with Crippen molar-refractivity contribution in [3.05, 3.63) is 23.8 Å². The van der Waals surface area contributed by atoms with E-state index in [1.807, 2.05) is 0 Å². The zero-order chi connectivity index (χ0) is 17.7. The lowest BCUT2D eigenvalue weighted by atomic mass is 9.96. The Labute approximate surface area is 141 Å². The monoisotopic (exact) mass is 336 g/mol. The molecule has 1 fully saturated rings. The standard InChI is InChI=1S/C17H24N2O5/c1-18-16(20)13-9-19(8-11(13)10-22-2)17(21)12-6-5-7-14(23-3)15(12)24-4/h5-7,11,13H,8-10H2,1-4H3,(H,18,20)/t11-,13+/m0/s1. The summed E-state index contributed by atoms with van der Waals surface area (Å²) in [5.74, 6) is 0.324. The molecule has 7 nitrogen and oxygen atoms in total. The van der Waals surface area contributed by atoms with Gasteiger partial charge >= 0.3 is 0 Å². The highest BCUT2D eigenvalue weighted by atomic mass is 16.5. The molecule has 2 amide bonds. The van der Waals surface area contributed by atoms with E-state index in [1.165, 1.54) is 14.2 Å². The quantitative estimate of drug-likeness (QED) is 0.831. The van der Waals surface area contributed by atoms with Crippen LogP contribution in [0.25, 0.3) is 0 Å². The average Bonchev–Trinajstić information content (AvgIpc) is 3.03. The second-order valence-corrected chi connectivity index (χ2v) is 5.69. The Hall–Kier alpha value is -2.28. The Morgan fingerprint density at radius 1 is 1.21 bits per heavy atom. The van der Waals surface area contributed by atoms with Gasteiger partial charge in [-0.2, -0.15) is 0 Å². The number of nitrogens with one attached hydrogen (secondary N) is 1. The molecular formula is C17H24N2O5. The number of likely N-dealkylation sites (tertiary alicyclic amines) is 1. The van der Waals surface area contributed by atoms with Gasteiger partial charge in [-0.05, 0) is 12.1 Å². The van der Waals surface area contributed by atoms with E-state index < -0.39 is 0 Å². The largest absolute Gasteiger partial charge is 0.493 e. The topological polar surface area (TPSA) is 77.1 Å². The lowest BCUT2D eigenvalue weighted by Gasteiger charge is -2.19. The first kappa shape index (κ1) is 18.1. The van der Waals surface area contributed by atoms with Gasteiger partial charge < -0.3 is 24.4 Å². The maximum Gasteiger partial charge on any atom is 0.257 e. The summed E-state index contributed by atoms with van der Waals surface area (Å²) in [6.45, 7) is 1.25. The third-order valence-corrected chi connectivity index (χ3v) is 4.33. The Balaban J connectivity index is 2.26. The zero-order valence-electron chi connectivity index (χ0n) is 14.5. The van der Waals surface area contributed by atoms with Gasteiger partial charge in [-0.25, -0.2) is 0 Å². The SMILES string of the molecule is CNC(=O)[C@@H]1CN(C(=O)c2cccc(OC)c2OC)C[C@H]1COC. The Morgan fingerprint density at radius 3 is 2.54 bits per heavy atom. The second-order valence-electron chi connectivity index (χ2n) is 5.69. The van der Waals surface area contributed by atoms with Gasteiger partial charge in [0.25, 0.3) is 5.91 Å². The van der Waals surface area contributed by atoms with Gasteiger partial charge in [0.2, 0.25) is 5.91 Å². The number of carbonyl (C=O) groups is 2. The Kier molecular flexibility index (Phi) is 6.03. The lowest BCUT2D eigenvalue weighted by Crippen LogP contribution is -2.34. The number of ether oxygens (including phenoxy) is 3. The summed E-state index contributed by atoms with van der Waals surface area (Å²) in [7, 11) is 6.22. The molecule has 7 heteroatoms. The van der Waals surface area contributed by atoms with E-state index in [-0.39, 0.29) is 23.7 Å². The zero-order valence-corrected chi connectivity index (χ0v) is 14.5. The molecule has 0 bridgehead atoms. The molecule has 132 valence electrons. The fourth-order valence-electron chi connectivity index (χ4n) is 3.13. The summed E-state index contributed by atoms with van der Waals surface area (Å²) >= 11 is 0. The molecule has 2 atom stereocenters. The molecule has 24 heavy (non-hydrogen) atoms. The molecule has 1 aliphatic heterocycles. The van der Waals surface area contributed by atoms with Crippen LogP contribution in [0.1, 0.15) is 10.4 Å². The molecule has 2 rings (SSSR count). The van der Waals surface area contributed by atoms with Crippen LogP contribution < -0.4 is 14.8 Å². The highest BCUT2D eigenvalue weighted by Gasteiger charge is 2.40. The maximum absolute atomic E-state index is 12.9. The normalized spacial score (nSPS) is 19.9. The van der Waals surface area contributed by atoms with E-state index in [2.05, 4.69) is 5.32 Å². The number of methoxy groups -OCH3 is 3. The minimum Gasteiger partial charge on any atom is -0.493 e. The summed E-state index contributed by atoms with van der Waals surface area (Å²) in [6, 6.07) is 5.18. The molecule has 1 aromatic carbocycles. The number of para-hydroxylation sites is 1. The molecule has 1 heterocycles. The highest BCUT2D eigenvalue weighted by molar-refractivity contribution is 5.98. The number of amides is 2. The van der Waals surface area contributed by atoms with Crippen molar-refractivity contribution in [1.29, 1.82) is 0 Å². The smallest absolute Gasteiger partial charge is 0.257 e. The fourth-order valence-corrected chi connectivity index (χ4v) is 3.13. The molecule has 1 aromatic rings. The van der Waals surface area contributed by atoms with Crippen LogP contribution in [0.2, 0.25) is 0 Å². The molecule has 1 N–H and O–H groups in total. The second kappa shape index (κ2) is 8.01. The van der Waals surface area contributed by atoms with Gasteiger partial charge in [0, 0.05) is 33.2 Å². The van der Waals surface area contributed by atoms with E-state index in [0.717, 1.165) is 0 Å². The van der Waals surface area contributed by atoms with Crippen molar-refractivity contribution in [1.82, 2.24) is 10.2 Å². The van der Waals surface area contributed by atoms with Gasteiger partial charge in [-0.1, -0.05) is 6.07 Å². The van der Waals surface area contributed by atoms with Crippen LogP contribution in [0.5, 0.6) is 11.5 Å². The van der Waals surface area contributed by atoms with Crippen LogP contribution >= 0.6 is 0 Å².